The average molecular weight is 324 g/mol. The second-order valence-electron chi connectivity index (χ2n) is 6.42. The molecule has 3 heterocycles. The molecule has 1 amide bonds. The fraction of sp³-hybridized carbons (Fsp3) is 0.421. The van der Waals surface area contributed by atoms with Crippen molar-refractivity contribution >= 4 is 5.91 Å². The molecule has 2 aromatic heterocycles. The molecule has 0 saturated carbocycles. The van der Waals surface area contributed by atoms with Gasteiger partial charge in [0.15, 0.2) is 0 Å². The first-order valence-electron chi connectivity index (χ1n) is 8.55. The van der Waals surface area contributed by atoms with Gasteiger partial charge in [0.25, 0.3) is 0 Å². The van der Waals surface area contributed by atoms with E-state index in [9.17, 15) is 4.79 Å². The van der Waals surface area contributed by atoms with E-state index in [4.69, 9.17) is 5.73 Å². The Hall–Kier alpha value is -2.27. The number of hydrogen-bond donors (Lipinski definition) is 2. The molecule has 24 heavy (non-hydrogen) atoms. The summed E-state index contributed by atoms with van der Waals surface area (Å²) in [6, 6.07) is 8.48. The van der Waals surface area contributed by atoms with Crippen molar-refractivity contribution in [3.8, 4) is 0 Å². The normalized spacial score (nSPS) is 20.7. The second kappa shape index (κ2) is 7.53. The van der Waals surface area contributed by atoms with Gasteiger partial charge in [-0.15, -0.1) is 0 Å². The first-order chi connectivity index (χ1) is 11.6. The van der Waals surface area contributed by atoms with Crippen LogP contribution in [0.4, 0.5) is 0 Å². The molecule has 0 spiro atoms. The summed E-state index contributed by atoms with van der Waals surface area (Å²) in [6.07, 6.45) is 7.93. The van der Waals surface area contributed by atoms with Gasteiger partial charge >= 0.3 is 0 Å². The topological polar surface area (TPSA) is 80.9 Å². The van der Waals surface area contributed by atoms with E-state index in [1.807, 2.05) is 30.6 Å². The Morgan fingerprint density at radius 2 is 1.83 bits per heavy atom. The lowest BCUT2D eigenvalue weighted by Gasteiger charge is -2.32. The number of aromatic nitrogens is 2. The van der Waals surface area contributed by atoms with Gasteiger partial charge in [-0.2, -0.15) is 0 Å². The summed E-state index contributed by atoms with van der Waals surface area (Å²) < 4.78 is 0. The van der Waals surface area contributed by atoms with Crippen molar-refractivity contribution in [2.45, 2.75) is 51.1 Å². The number of amides is 1. The summed E-state index contributed by atoms with van der Waals surface area (Å²) in [4.78, 5) is 20.3. The molecule has 5 heteroatoms. The number of rotatable bonds is 5. The molecule has 1 aliphatic heterocycles. The monoisotopic (exact) mass is 324 g/mol. The number of nitrogens with zero attached hydrogens (tertiary/aromatic N) is 2. The van der Waals surface area contributed by atoms with E-state index >= 15 is 0 Å². The van der Waals surface area contributed by atoms with Crippen molar-refractivity contribution in [3.05, 3.63) is 59.2 Å². The second-order valence-corrected chi connectivity index (χ2v) is 6.42. The van der Waals surface area contributed by atoms with Crippen molar-refractivity contribution in [1.82, 2.24) is 15.3 Å². The van der Waals surface area contributed by atoms with Crippen molar-refractivity contribution in [2.75, 3.05) is 0 Å². The summed E-state index contributed by atoms with van der Waals surface area (Å²) in [5, 5.41) is 3.71. The molecule has 0 unspecified atom stereocenters. The maximum absolute atomic E-state index is 11.1. The summed E-state index contributed by atoms with van der Waals surface area (Å²) in [7, 11) is 0. The van der Waals surface area contributed by atoms with Gasteiger partial charge in [-0.05, 0) is 55.9 Å². The van der Waals surface area contributed by atoms with Gasteiger partial charge in [0.05, 0.1) is 23.5 Å². The lowest BCUT2D eigenvalue weighted by molar-refractivity contribution is -0.117. The van der Waals surface area contributed by atoms with Crippen LogP contribution in [0.3, 0.4) is 0 Å². The molecule has 2 aromatic rings. The lowest BCUT2D eigenvalue weighted by Crippen LogP contribution is -2.33. The van der Waals surface area contributed by atoms with Crippen LogP contribution in [0.2, 0.25) is 0 Å². The van der Waals surface area contributed by atoms with Gasteiger partial charge in [-0.25, -0.2) is 0 Å². The molecule has 2 atom stereocenters. The number of aryl methyl sites for hydroxylation is 2. The predicted octanol–water partition coefficient (Wildman–Crippen LogP) is 2.76. The third-order valence-corrected chi connectivity index (χ3v) is 4.66. The fourth-order valence-corrected chi connectivity index (χ4v) is 3.46. The third kappa shape index (κ3) is 3.79. The minimum atomic E-state index is -0.275. The van der Waals surface area contributed by atoms with Crippen molar-refractivity contribution in [1.29, 1.82) is 0 Å². The minimum Gasteiger partial charge on any atom is -0.370 e. The van der Waals surface area contributed by atoms with Crippen molar-refractivity contribution in [3.63, 3.8) is 0 Å². The maximum Gasteiger partial charge on any atom is 0.217 e. The van der Waals surface area contributed by atoms with Crippen molar-refractivity contribution < 1.29 is 4.79 Å². The van der Waals surface area contributed by atoms with Crippen LogP contribution in [0.1, 0.15) is 60.3 Å². The molecular formula is C19H24N4O. The first kappa shape index (κ1) is 16.6. The summed E-state index contributed by atoms with van der Waals surface area (Å²) in [5.74, 6) is -0.275. The van der Waals surface area contributed by atoms with Crippen molar-refractivity contribution in [2.24, 2.45) is 5.73 Å². The number of hydrogen-bond acceptors (Lipinski definition) is 4. The zero-order valence-electron chi connectivity index (χ0n) is 14.0. The highest BCUT2D eigenvalue weighted by Crippen LogP contribution is 2.33. The SMILES string of the molecule is Cc1cccnc1[C@@H]1CCC[C@H](c2ncccc2CCC(N)=O)N1. The van der Waals surface area contributed by atoms with Gasteiger partial charge in [0.2, 0.25) is 5.91 Å². The van der Waals surface area contributed by atoms with E-state index in [1.54, 1.807) is 0 Å². The van der Waals surface area contributed by atoms with E-state index < -0.39 is 0 Å². The Balaban J connectivity index is 1.80. The zero-order chi connectivity index (χ0) is 16.9. The molecule has 1 aliphatic rings. The number of nitrogens with one attached hydrogen (secondary N) is 1. The number of primary amides is 1. The average Bonchev–Trinajstić information content (AvgIpc) is 2.61. The minimum absolute atomic E-state index is 0.189. The van der Waals surface area contributed by atoms with E-state index in [-0.39, 0.29) is 18.0 Å². The van der Waals surface area contributed by atoms with Gasteiger partial charge in [-0.1, -0.05) is 12.1 Å². The molecule has 0 aliphatic carbocycles. The van der Waals surface area contributed by atoms with Gasteiger partial charge < -0.3 is 11.1 Å². The number of piperidine rings is 1. The summed E-state index contributed by atoms with van der Waals surface area (Å²) >= 11 is 0. The van der Waals surface area contributed by atoms with Crippen LogP contribution in [-0.2, 0) is 11.2 Å². The van der Waals surface area contributed by atoms with Gasteiger partial charge in [0, 0.05) is 18.8 Å². The molecule has 0 bridgehead atoms. The third-order valence-electron chi connectivity index (χ3n) is 4.66. The first-order valence-corrected chi connectivity index (χ1v) is 8.55. The van der Waals surface area contributed by atoms with Crippen LogP contribution >= 0.6 is 0 Å². The molecule has 126 valence electrons. The highest BCUT2D eigenvalue weighted by molar-refractivity contribution is 5.74. The predicted molar refractivity (Wildman–Crippen MR) is 93.2 cm³/mol. The molecule has 1 fully saturated rings. The van der Waals surface area contributed by atoms with Gasteiger partial charge in [0.1, 0.15) is 0 Å². The van der Waals surface area contributed by atoms with Crippen LogP contribution in [0.5, 0.6) is 0 Å². The molecule has 0 aromatic carbocycles. The molecule has 0 radical (unpaired) electrons. The fourth-order valence-electron chi connectivity index (χ4n) is 3.46. The number of pyridine rings is 2. The Labute approximate surface area is 142 Å². The quantitative estimate of drug-likeness (QED) is 0.886. The number of carbonyl (C=O) groups is 1. The molecule has 3 N–H and O–H groups in total. The molecular weight excluding hydrogens is 300 g/mol. The summed E-state index contributed by atoms with van der Waals surface area (Å²) in [5.41, 5.74) is 9.78. The van der Waals surface area contributed by atoms with Gasteiger partial charge in [-0.3, -0.25) is 14.8 Å². The van der Waals surface area contributed by atoms with E-state index in [1.165, 1.54) is 5.56 Å². The lowest BCUT2D eigenvalue weighted by atomic mass is 9.90. The Morgan fingerprint density at radius 3 is 2.54 bits per heavy atom. The number of nitrogens with two attached hydrogens (primary N) is 1. The van der Waals surface area contributed by atoms with E-state index in [0.29, 0.717) is 12.8 Å². The number of carbonyl (C=O) groups excluding carboxylic acids is 1. The van der Waals surface area contributed by atoms with Crippen LogP contribution in [0.25, 0.3) is 0 Å². The Bertz CT molecular complexity index is 716. The Kier molecular flexibility index (Phi) is 5.20. The standard InChI is InChI=1S/C19H24N4O/c1-13-5-3-11-21-18(13)15-7-2-8-16(23-15)19-14(6-4-12-22-19)9-10-17(20)24/h3-6,11-12,15-16,23H,2,7-10H2,1H3,(H2,20,24)/t15-,16+/m0/s1. The van der Waals surface area contributed by atoms with Crippen LogP contribution in [0.15, 0.2) is 36.7 Å². The van der Waals surface area contributed by atoms with Crippen LogP contribution < -0.4 is 11.1 Å². The maximum atomic E-state index is 11.1. The molecule has 3 rings (SSSR count). The smallest absolute Gasteiger partial charge is 0.217 e. The van der Waals surface area contributed by atoms with E-state index in [0.717, 1.165) is 36.2 Å². The molecule has 5 nitrogen and oxygen atoms in total. The highest BCUT2D eigenvalue weighted by Gasteiger charge is 2.27. The highest BCUT2D eigenvalue weighted by atomic mass is 16.1. The largest absolute Gasteiger partial charge is 0.370 e. The van der Waals surface area contributed by atoms with Crippen LogP contribution in [0, 0.1) is 6.92 Å². The zero-order valence-corrected chi connectivity index (χ0v) is 14.0. The Morgan fingerprint density at radius 1 is 1.17 bits per heavy atom. The van der Waals surface area contributed by atoms with E-state index in [2.05, 4.69) is 28.3 Å². The molecule has 1 saturated heterocycles. The van der Waals surface area contributed by atoms with Crippen LogP contribution in [-0.4, -0.2) is 15.9 Å². The summed E-state index contributed by atoms with van der Waals surface area (Å²) in [6.45, 7) is 2.10.